The van der Waals surface area contributed by atoms with Crippen LogP contribution in [-0.4, -0.2) is 20.3 Å². The molecule has 0 spiro atoms. The van der Waals surface area contributed by atoms with Crippen LogP contribution in [0.4, 0.5) is 4.39 Å². The number of nitrogens with one attached hydrogen (secondary N) is 1. The topological polar surface area (TPSA) is 39.7 Å². The lowest BCUT2D eigenvalue weighted by Crippen LogP contribution is -2.14. The minimum Gasteiger partial charge on any atom is -0.496 e. The van der Waals surface area contributed by atoms with Crippen LogP contribution in [-0.2, 0) is 13.1 Å². The van der Waals surface area contributed by atoms with Crippen LogP contribution in [0.1, 0.15) is 25.0 Å². The molecule has 0 radical (unpaired) electrons. The molecule has 0 saturated carbocycles. The highest BCUT2D eigenvalue weighted by Crippen LogP contribution is 2.29. The average molecular weight is 333 g/mol. The highest BCUT2D eigenvalue weighted by atomic mass is 19.1. The maximum Gasteiger partial charge on any atom is 0.161 e. The Hall–Kier alpha value is -2.27. The van der Waals surface area contributed by atoms with Crippen molar-refractivity contribution in [3.63, 3.8) is 0 Å². The summed E-state index contributed by atoms with van der Waals surface area (Å²) < 4.78 is 29.7. The van der Waals surface area contributed by atoms with E-state index < -0.39 is 0 Å². The van der Waals surface area contributed by atoms with Gasteiger partial charge in [-0.15, -0.1) is 0 Å². The van der Waals surface area contributed by atoms with Gasteiger partial charge in [-0.3, -0.25) is 0 Å². The van der Waals surface area contributed by atoms with Gasteiger partial charge in [0.1, 0.15) is 11.6 Å². The molecule has 0 aliphatic rings. The molecule has 4 nitrogen and oxygen atoms in total. The standard InChI is InChI=1S/C19H24FNO3/c1-13(2)24-18-7-5-14(9-19(18)23-4)11-21-12-15-10-16(20)6-8-17(15)22-3/h5-10,13,21H,11-12H2,1-4H3. The first-order valence-corrected chi connectivity index (χ1v) is 7.90. The summed E-state index contributed by atoms with van der Waals surface area (Å²) in [7, 11) is 3.20. The molecule has 0 fully saturated rings. The van der Waals surface area contributed by atoms with Gasteiger partial charge in [0.15, 0.2) is 11.5 Å². The van der Waals surface area contributed by atoms with E-state index in [9.17, 15) is 4.39 Å². The summed E-state index contributed by atoms with van der Waals surface area (Å²) in [5, 5.41) is 3.29. The normalized spacial score (nSPS) is 10.8. The Labute approximate surface area is 142 Å². The molecule has 0 bridgehead atoms. The van der Waals surface area contributed by atoms with Gasteiger partial charge in [-0.1, -0.05) is 6.07 Å². The quantitative estimate of drug-likeness (QED) is 0.795. The molecule has 0 aliphatic heterocycles. The SMILES string of the molecule is COc1ccc(F)cc1CNCc1ccc(OC(C)C)c(OC)c1. The van der Waals surface area contributed by atoms with E-state index in [2.05, 4.69) is 5.32 Å². The number of methoxy groups -OCH3 is 2. The van der Waals surface area contributed by atoms with Gasteiger partial charge in [0.05, 0.1) is 20.3 Å². The lowest BCUT2D eigenvalue weighted by atomic mass is 10.1. The van der Waals surface area contributed by atoms with Crippen LogP contribution in [0.5, 0.6) is 17.2 Å². The fourth-order valence-corrected chi connectivity index (χ4v) is 2.40. The maximum atomic E-state index is 13.4. The van der Waals surface area contributed by atoms with Crippen molar-refractivity contribution in [2.24, 2.45) is 0 Å². The number of rotatable bonds is 8. The van der Waals surface area contributed by atoms with Crippen molar-refractivity contribution < 1.29 is 18.6 Å². The van der Waals surface area contributed by atoms with Crippen molar-refractivity contribution in [2.45, 2.75) is 33.0 Å². The van der Waals surface area contributed by atoms with Gasteiger partial charge in [-0.05, 0) is 49.7 Å². The van der Waals surface area contributed by atoms with Crippen LogP contribution in [0.15, 0.2) is 36.4 Å². The minimum absolute atomic E-state index is 0.0864. The molecule has 5 heteroatoms. The first-order chi connectivity index (χ1) is 11.5. The first-order valence-electron chi connectivity index (χ1n) is 7.90. The highest BCUT2D eigenvalue weighted by Gasteiger charge is 2.08. The predicted molar refractivity (Wildman–Crippen MR) is 92.3 cm³/mol. The number of benzene rings is 2. The Bertz CT molecular complexity index is 674. The fraction of sp³-hybridized carbons (Fsp3) is 0.368. The predicted octanol–water partition coefficient (Wildman–Crippen LogP) is 3.92. The molecule has 0 unspecified atom stereocenters. The molecule has 2 rings (SSSR count). The van der Waals surface area contributed by atoms with Gasteiger partial charge in [0.25, 0.3) is 0 Å². The zero-order valence-corrected chi connectivity index (χ0v) is 14.6. The first kappa shape index (κ1) is 18.1. The average Bonchev–Trinajstić information content (AvgIpc) is 2.56. The summed E-state index contributed by atoms with van der Waals surface area (Å²) in [5.74, 6) is 1.82. The number of halogens is 1. The van der Waals surface area contributed by atoms with Crippen molar-refractivity contribution in [1.82, 2.24) is 5.32 Å². The van der Waals surface area contributed by atoms with Crippen LogP contribution in [0, 0.1) is 5.82 Å². The summed E-state index contributed by atoms with van der Waals surface area (Å²) >= 11 is 0. The zero-order chi connectivity index (χ0) is 17.5. The smallest absolute Gasteiger partial charge is 0.161 e. The number of hydrogen-bond donors (Lipinski definition) is 1. The minimum atomic E-state index is -0.274. The van der Waals surface area contributed by atoms with Crippen LogP contribution < -0.4 is 19.5 Å². The molecular formula is C19H24FNO3. The lowest BCUT2D eigenvalue weighted by molar-refractivity contribution is 0.230. The molecule has 0 saturated heterocycles. The third kappa shape index (κ3) is 4.86. The van der Waals surface area contributed by atoms with Crippen molar-refractivity contribution in [1.29, 1.82) is 0 Å². The summed E-state index contributed by atoms with van der Waals surface area (Å²) in [4.78, 5) is 0. The highest BCUT2D eigenvalue weighted by molar-refractivity contribution is 5.43. The summed E-state index contributed by atoms with van der Waals surface area (Å²) in [6.07, 6.45) is 0.0864. The summed E-state index contributed by atoms with van der Waals surface area (Å²) in [6.45, 7) is 5.08. The third-order valence-electron chi connectivity index (χ3n) is 3.48. The Morgan fingerprint density at radius 2 is 1.62 bits per heavy atom. The summed E-state index contributed by atoms with van der Waals surface area (Å²) in [6, 6.07) is 10.3. The fourth-order valence-electron chi connectivity index (χ4n) is 2.40. The molecule has 1 N–H and O–H groups in total. The number of ether oxygens (including phenoxy) is 3. The second-order valence-corrected chi connectivity index (χ2v) is 5.71. The van der Waals surface area contributed by atoms with E-state index >= 15 is 0 Å². The molecule has 130 valence electrons. The van der Waals surface area contributed by atoms with Crippen molar-refractivity contribution in [2.75, 3.05) is 14.2 Å². The van der Waals surface area contributed by atoms with Gasteiger partial charge in [0.2, 0.25) is 0 Å². The van der Waals surface area contributed by atoms with E-state index in [1.165, 1.54) is 12.1 Å². The maximum absolute atomic E-state index is 13.4. The van der Waals surface area contributed by atoms with Gasteiger partial charge in [-0.25, -0.2) is 4.39 Å². The molecule has 0 aliphatic carbocycles. The largest absolute Gasteiger partial charge is 0.496 e. The van der Waals surface area contributed by atoms with Gasteiger partial charge in [0, 0.05) is 18.7 Å². The Kier molecular flexibility index (Phi) is 6.44. The van der Waals surface area contributed by atoms with Crippen molar-refractivity contribution >= 4 is 0 Å². The Balaban J connectivity index is 2.01. The molecule has 2 aromatic rings. The third-order valence-corrected chi connectivity index (χ3v) is 3.48. The van der Waals surface area contributed by atoms with Crippen LogP contribution >= 0.6 is 0 Å². The molecule has 0 heterocycles. The second-order valence-electron chi connectivity index (χ2n) is 5.71. The van der Waals surface area contributed by atoms with Crippen molar-refractivity contribution in [3.05, 3.63) is 53.3 Å². The van der Waals surface area contributed by atoms with Gasteiger partial charge >= 0.3 is 0 Å². The molecule has 0 aromatic heterocycles. The Morgan fingerprint density at radius 1 is 0.917 bits per heavy atom. The van der Waals surface area contributed by atoms with E-state index in [1.54, 1.807) is 20.3 Å². The monoisotopic (exact) mass is 333 g/mol. The van der Waals surface area contributed by atoms with Gasteiger partial charge in [-0.2, -0.15) is 0 Å². The lowest BCUT2D eigenvalue weighted by Gasteiger charge is -2.15. The van der Waals surface area contributed by atoms with E-state index in [0.717, 1.165) is 16.9 Å². The van der Waals surface area contributed by atoms with E-state index in [0.29, 0.717) is 24.6 Å². The van der Waals surface area contributed by atoms with Crippen LogP contribution in [0.2, 0.25) is 0 Å². The van der Waals surface area contributed by atoms with Crippen molar-refractivity contribution in [3.8, 4) is 17.2 Å². The Morgan fingerprint density at radius 3 is 2.29 bits per heavy atom. The molecule has 0 atom stereocenters. The second kappa shape index (κ2) is 8.55. The molecule has 2 aromatic carbocycles. The van der Waals surface area contributed by atoms with Crippen LogP contribution in [0.3, 0.4) is 0 Å². The van der Waals surface area contributed by atoms with E-state index in [1.807, 2.05) is 32.0 Å². The van der Waals surface area contributed by atoms with Crippen LogP contribution in [0.25, 0.3) is 0 Å². The molecular weight excluding hydrogens is 309 g/mol. The van der Waals surface area contributed by atoms with Gasteiger partial charge < -0.3 is 19.5 Å². The molecule has 0 amide bonds. The van der Waals surface area contributed by atoms with E-state index in [4.69, 9.17) is 14.2 Å². The van der Waals surface area contributed by atoms with E-state index in [-0.39, 0.29) is 11.9 Å². The summed E-state index contributed by atoms with van der Waals surface area (Å²) in [5.41, 5.74) is 1.84. The number of hydrogen-bond acceptors (Lipinski definition) is 4. The molecule has 24 heavy (non-hydrogen) atoms. The zero-order valence-electron chi connectivity index (χ0n) is 14.6.